The molecule has 0 radical (unpaired) electrons. The van der Waals surface area contributed by atoms with Crippen molar-refractivity contribution in [2.75, 3.05) is 26.6 Å². The number of amides is 1. The first-order valence-electron chi connectivity index (χ1n) is 9.90. The van der Waals surface area contributed by atoms with E-state index < -0.39 is 11.4 Å². The highest BCUT2D eigenvalue weighted by Crippen LogP contribution is 2.32. The highest BCUT2D eigenvalue weighted by Gasteiger charge is 2.30. The second-order valence-corrected chi connectivity index (χ2v) is 7.83. The van der Waals surface area contributed by atoms with Crippen molar-refractivity contribution in [1.29, 1.82) is 0 Å². The number of aromatic nitrogens is 1. The van der Waals surface area contributed by atoms with Crippen molar-refractivity contribution in [3.8, 4) is 0 Å². The van der Waals surface area contributed by atoms with E-state index in [1.54, 1.807) is 48.0 Å². The quantitative estimate of drug-likeness (QED) is 0.547. The van der Waals surface area contributed by atoms with Gasteiger partial charge in [0.25, 0.3) is 0 Å². The van der Waals surface area contributed by atoms with Crippen LogP contribution < -0.4 is 11.1 Å². The number of nitrogen functional groups attached to an aromatic ring is 1. The average molecular weight is 424 g/mol. The number of carbonyl (C=O) groups excluding carboxylic acids is 1. The fourth-order valence-corrected chi connectivity index (χ4v) is 2.67. The number of anilines is 1. The Labute approximate surface area is 179 Å². The molecule has 0 aromatic carbocycles. The summed E-state index contributed by atoms with van der Waals surface area (Å²) in [7, 11) is 3.25. The van der Waals surface area contributed by atoms with Crippen LogP contribution in [0, 0.1) is 12.3 Å². The van der Waals surface area contributed by atoms with E-state index in [1.165, 1.54) is 0 Å². The zero-order valence-electron chi connectivity index (χ0n) is 19.7. The van der Waals surface area contributed by atoms with E-state index in [2.05, 4.69) is 15.0 Å². The van der Waals surface area contributed by atoms with Gasteiger partial charge in [-0.1, -0.05) is 6.92 Å². The van der Waals surface area contributed by atoms with Crippen molar-refractivity contribution >= 4 is 23.3 Å². The zero-order chi connectivity index (χ0) is 23.6. The van der Waals surface area contributed by atoms with Gasteiger partial charge in [-0.3, -0.25) is 9.78 Å². The molecule has 0 aliphatic carbocycles. The minimum absolute atomic E-state index is 0.0260. The molecule has 0 saturated heterocycles. The fourth-order valence-electron chi connectivity index (χ4n) is 2.67. The summed E-state index contributed by atoms with van der Waals surface area (Å²) in [6.07, 6.45) is 2.28. The first-order chi connectivity index (χ1) is 13.9. The summed E-state index contributed by atoms with van der Waals surface area (Å²) in [5.41, 5.74) is 7.02. The Morgan fingerprint density at radius 3 is 2.20 bits per heavy atom. The van der Waals surface area contributed by atoms with E-state index in [1.807, 2.05) is 20.8 Å². The summed E-state index contributed by atoms with van der Waals surface area (Å²) >= 11 is 0. The molecule has 1 amide bonds. The number of methoxy groups -OCH3 is 1. The minimum Gasteiger partial charge on any atom is -0.492 e. The molecule has 8 nitrogen and oxygen atoms in total. The van der Waals surface area contributed by atoms with E-state index >= 15 is 0 Å². The highest BCUT2D eigenvalue weighted by atomic mass is 16.5. The number of ether oxygens (including phenoxy) is 2. The van der Waals surface area contributed by atoms with Crippen LogP contribution in [0.4, 0.5) is 5.69 Å². The van der Waals surface area contributed by atoms with Crippen molar-refractivity contribution in [2.45, 2.75) is 60.9 Å². The predicted molar refractivity (Wildman–Crippen MR) is 119 cm³/mol. The summed E-state index contributed by atoms with van der Waals surface area (Å²) in [4.78, 5) is 28.3. The lowest BCUT2D eigenvalue weighted by molar-refractivity contribution is -0.131. The number of carboxylic acids is 1. The van der Waals surface area contributed by atoms with E-state index in [-0.39, 0.29) is 29.8 Å². The molecular weight excluding hydrogens is 386 g/mol. The van der Waals surface area contributed by atoms with Crippen molar-refractivity contribution in [1.82, 2.24) is 10.3 Å². The number of nitrogens with one attached hydrogen (secondary N) is 1. The number of aromatic carboxylic acids is 1. The largest absolute Gasteiger partial charge is 0.492 e. The lowest BCUT2D eigenvalue weighted by Crippen LogP contribution is -2.43. The number of carbonyl (C=O) groups is 2. The van der Waals surface area contributed by atoms with Crippen LogP contribution in [0.1, 0.15) is 68.9 Å². The summed E-state index contributed by atoms with van der Waals surface area (Å²) in [5, 5.41) is 12.3. The Kier molecular flexibility index (Phi) is 11.1. The molecule has 0 fully saturated rings. The molecule has 4 N–H and O–H groups in total. The van der Waals surface area contributed by atoms with E-state index in [9.17, 15) is 14.7 Å². The van der Waals surface area contributed by atoms with Crippen molar-refractivity contribution < 1.29 is 24.2 Å². The third-order valence-electron chi connectivity index (χ3n) is 4.17. The normalized spacial score (nSPS) is 11.6. The monoisotopic (exact) mass is 423 g/mol. The number of rotatable bonds is 8. The number of hydrogen-bond acceptors (Lipinski definition) is 6. The summed E-state index contributed by atoms with van der Waals surface area (Å²) in [6, 6.07) is 0.0275. The fraction of sp³-hybridized carbons (Fsp3) is 0.591. The number of carboxylic acid groups (broad SMARTS) is 1. The topological polar surface area (TPSA) is 124 Å². The number of pyridine rings is 1. The summed E-state index contributed by atoms with van der Waals surface area (Å²) in [6.45, 7) is 12.8. The van der Waals surface area contributed by atoms with Crippen molar-refractivity contribution in [3.63, 3.8) is 0 Å². The van der Waals surface area contributed by atoms with Crippen molar-refractivity contribution in [3.05, 3.63) is 28.6 Å². The van der Waals surface area contributed by atoms with Gasteiger partial charge >= 0.3 is 5.97 Å². The summed E-state index contributed by atoms with van der Waals surface area (Å²) < 4.78 is 10.2. The van der Waals surface area contributed by atoms with Crippen LogP contribution in [-0.2, 0) is 20.7 Å². The van der Waals surface area contributed by atoms with Crippen LogP contribution in [-0.4, -0.2) is 48.8 Å². The minimum atomic E-state index is -1.13. The Morgan fingerprint density at radius 1 is 1.27 bits per heavy atom. The highest BCUT2D eigenvalue weighted by molar-refractivity contribution is 5.98. The van der Waals surface area contributed by atoms with E-state index in [0.29, 0.717) is 29.1 Å². The molecule has 170 valence electrons. The maximum absolute atomic E-state index is 12.4. The molecule has 0 aliphatic rings. The third-order valence-corrected chi connectivity index (χ3v) is 4.17. The van der Waals surface area contributed by atoms with Crippen LogP contribution >= 0.6 is 0 Å². The van der Waals surface area contributed by atoms with E-state index in [0.717, 1.165) is 0 Å². The second kappa shape index (κ2) is 12.2. The number of nitrogens with zero attached hydrogens (tertiary/aromatic N) is 1. The number of hydrogen-bond donors (Lipinski definition) is 3. The van der Waals surface area contributed by atoms with Gasteiger partial charge in [0, 0.05) is 20.3 Å². The molecule has 1 aromatic rings. The van der Waals surface area contributed by atoms with Gasteiger partial charge in [-0.25, -0.2) is 4.79 Å². The summed E-state index contributed by atoms with van der Waals surface area (Å²) in [5.74, 6) is -0.830. The Balaban J connectivity index is 0.00000263. The van der Waals surface area contributed by atoms with Crippen LogP contribution in [0.2, 0.25) is 0 Å². The molecule has 0 aliphatic heterocycles. The SMILES string of the molecule is C/C=C(/OCC(C)(C)C(=O)NC(C)C)c1c(CC)nc(C)c(C(=O)O)c1N.COC. The molecule has 0 bridgehead atoms. The molecule has 0 spiro atoms. The molecule has 30 heavy (non-hydrogen) atoms. The Hall–Kier alpha value is -2.61. The number of nitrogens with two attached hydrogens (primary N) is 1. The number of aryl methyl sites for hydroxylation is 2. The molecule has 0 unspecified atom stereocenters. The van der Waals surface area contributed by atoms with Gasteiger partial charge in [-0.15, -0.1) is 0 Å². The van der Waals surface area contributed by atoms with Gasteiger partial charge in [0.1, 0.15) is 17.9 Å². The Bertz CT molecular complexity index is 771. The molecule has 0 atom stereocenters. The molecule has 1 aromatic heterocycles. The average Bonchev–Trinajstić information content (AvgIpc) is 2.62. The van der Waals surface area contributed by atoms with Gasteiger partial charge in [-0.05, 0) is 54.0 Å². The molecular formula is C22H37N3O5. The van der Waals surface area contributed by atoms with Gasteiger partial charge < -0.3 is 25.6 Å². The van der Waals surface area contributed by atoms with Gasteiger partial charge in [0.15, 0.2) is 0 Å². The van der Waals surface area contributed by atoms with Crippen molar-refractivity contribution in [2.24, 2.45) is 5.41 Å². The number of allylic oxidation sites excluding steroid dienone is 1. The smallest absolute Gasteiger partial charge is 0.339 e. The maximum atomic E-state index is 12.4. The Morgan fingerprint density at radius 2 is 1.80 bits per heavy atom. The van der Waals surface area contributed by atoms with E-state index in [4.69, 9.17) is 10.5 Å². The van der Waals surface area contributed by atoms with Gasteiger partial charge in [-0.2, -0.15) is 0 Å². The molecule has 0 saturated carbocycles. The molecule has 1 rings (SSSR count). The van der Waals surface area contributed by atoms with Gasteiger partial charge in [0.05, 0.1) is 28.1 Å². The first-order valence-corrected chi connectivity index (χ1v) is 9.90. The maximum Gasteiger partial charge on any atom is 0.339 e. The van der Waals surface area contributed by atoms with Crippen LogP contribution in [0.3, 0.4) is 0 Å². The van der Waals surface area contributed by atoms with Crippen LogP contribution in [0.15, 0.2) is 6.08 Å². The standard InChI is InChI=1S/C20H31N3O4.C2H6O/c1-8-13-16(17(21)15(18(24)25)12(5)23-13)14(9-2)27-10-20(6,7)19(26)22-11(3)4;1-3-2/h9,11H,8,10H2,1-7H3,(H2,21,23)(H,22,26)(H,24,25);1-2H3/b14-9+;. The second-order valence-electron chi connectivity index (χ2n) is 7.83. The van der Waals surface area contributed by atoms with Gasteiger partial charge in [0.2, 0.25) is 5.91 Å². The zero-order valence-corrected chi connectivity index (χ0v) is 19.7. The molecule has 1 heterocycles. The van der Waals surface area contributed by atoms with Crippen LogP contribution in [0.25, 0.3) is 5.76 Å². The molecule has 8 heteroatoms. The lowest BCUT2D eigenvalue weighted by Gasteiger charge is -2.26. The lowest BCUT2D eigenvalue weighted by atomic mass is 9.93. The predicted octanol–water partition coefficient (Wildman–Crippen LogP) is 3.42. The third kappa shape index (κ3) is 7.33. The van der Waals surface area contributed by atoms with Crippen LogP contribution in [0.5, 0.6) is 0 Å². The first kappa shape index (κ1) is 27.4.